The molecule has 2 unspecified atom stereocenters. The lowest BCUT2D eigenvalue weighted by Crippen LogP contribution is -2.56. The van der Waals surface area contributed by atoms with Crippen molar-refractivity contribution >= 4 is 17.9 Å². The number of rotatable bonds is 8. The van der Waals surface area contributed by atoms with Gasteiger partial charge in [-0.2, -0.15) is 0 Å². The Morgan fingerprint density at radius 2 is 1.79 bits per heavy atom. The highest BCUT2D eigenvalue weighted by molar-refractivity contribution is 5.92. The van der Waals surface area contributed by atoms with Crippen LogP contribution >= 0.6 is 0 Å². The molecule has 0 saturated heterocycles. The van der Waals surface area contributed by atoms with Gasteiger partial charge in [0, 0.05) is 12.1 Å². The molecule has 3 N–H and O–H groups in total. The Labute approximate surface area is 203 Å². The topological polar surface area (TPSA) is 108 Å². The molecule has 1 aliphatic carbocycles. The maximum atomic E-state index is 13.6. The van der Waals surface area contributed by atoms with E-state index in [0.717, 1.165) is 31.2 Å². The van der Waals surface area contributed by atoms with Gasteiger partial charge in [-0.25, -0.2) is 4.79 Å². The predicted octanol–water partition coefficient (Wildman–Crippen LogP) is 3.61. The fourth-order valence-electron chi connectivity index (χ4n) is 4.30. The van der Waals surface area contributed by atoms with Crippen LogP contribution in [0.3, 0.4) is 0 Å². The Balaban J connectivity index is 2.37. The third-order valence-electron chi connectivity index (χ3n) is 5.82. The van der Waals surface area contributed by atoms with Crippen molar-refractivity contribution in [2.24, 2.45) is 0 Å². The van der Waals surface area contributed by atoms with E-state index in [1.807, 2.05) is 45.0 Å². The number of ether oxygens (including phenoxy) is 1. The van der Waals surface area contributed by atoms with E-state index >= 15 is 0 Å². The summed E-state index contributed by atoms with van der Waals surface area (Å²) in [7, 11) is 0. The molecular formula is C26H41N3O5. The summed E-state index contributed by atoms with van der Waals surface area (Å²) in [5.74, 6) is -0.804. The van der Waals surface area contributed by atoms with Crippen molar-refractivity contribution in [3.8, 4) is 0 Å². The predicted molar refractivity (Wildman–Crippen MR) is 131 cm³/mol. The number of benzene rings is 1. The minimum absolute atomic E-state index is 0.0752. The van der Waals surface area contributed by atoms with Gasteiger partial charge in [0.2, 0.25) is 11.8 Å². The van der Waals surface area contributed by atoms with Crippen LogP contribution < -0.4 is 10.6 Å². The van der Waals surface area contributed by atoms with Crippen molar-refractivity contribution in [2.75, 3.05) is 6.61 Å². The highest BCUT2D eigenvalue weighted by Gasteiger charge is 2.38. The molecule has 0 bridgehead atoms. The van der Waals surface area contributed by atoms with E-state index < -0.39 is 36.3 Å². The number of aryl methyl sites for hydroxylation is 1. The van der Waals surface area contributed by atoms with Gasteiger partial charge in [0.25, 0.3) is 0 Å². The number of hydrogen-bond donors (Lipinski definition) is 3. The molecule has 1 fully saturated rings. The fourth-order valence-corrected chi connectivity index (χ4v) is 4.30. The molecule has 8 heteroatoms. The van der Waals surface area contributed by atoms with Crippen molar-refractivity contribution in [3.63, 3.8) is 0 Å². The van der Waals surface area contributed by atoms with E-state index in [2.05, 4.69) is 10.6 Å². The molecule has 2 rings (SSSR count). The molecule has 34 heavy (non-hydrogen) atoms. The first-order valence-corrected chi connectivity index (χ1v) is 12.2. The van der Waals surface area contributed by atoms with E-state index in [-0.39, 0.29) is 18.0 Å². The van der Waals surface area contributed by atoms with Gasteiger partial charge in [0.05, 0.1) is 6.61 Å². The zero-order valence-corrected chi connectivity index (χ0v) is 21.4. The van der Waals surface area contributed by atoms with Crippen LogP contribution in [0.2, 0.25) is 0 Å². The molecule has 0 aliphatic heterocycles. The van der Waals surface area contributed by atoms with Gasteiger partial charge in [-0.05, 0) is 59.9 Å². The zero-order chi connectivity index (χ0) is 25.5. The number of carbonyl (C=O) groups is 3. The van der Waals surface area contributed by atoms with Crippen molar-refractivity contribution < 1.29 is 24.2 Å². The Hall–Kier alpha value is -2.61. The van der Waals surface area contributed by atoms with Crippen LogP contribution in [0.4, 0.5) is 4.79 Å². The Morgan fingerprint density at radius 3 is 2.32 bits per heavy atom. The summed E-state index contributed by atoms with van der Waals surface area (Å²) in [5, 5.41) is 15.6. The molecule has 3 amide bonds. The SMILES string of the molecule is Cc1cccc(C(C(=O)NC2CCCCC2)N(C(=O)C(CO)NC(=O)OC(C)(C)C)C(C)C)c1. The van der Waals surface area contributed by atoms with Gasteiger partial charge in [-0.1, -0.05) is 49.1 Å². The van der Waals surface area contributed by atoms with E-state index in [0.29, 0.717) is 5.56 Å². The molecule has 2 atom stereocenters. The van der Waals surface area contributed by atoms with Gasteiger partial charge in [0.1, 0.15) is 17.7 Å². The van der Waals surface area contributed by atoms with Crippen LogP contribution in [-0.4, -0.2) is 58.2 Å². The number of nitrogens with zero attached hydrogens (tertiary/aromatic N) is 1. The van der Waals surface area contributed by atoms with Crippen molar-refractivity contribution in [1.29, 1.82) is 0 Å². The Bertz CT molecular complexity index is 843. The van der Waals surface area contributed by atoms with Crippen LogP contribution in [0.5, 0.6) is 0 Å². The minimum Gasteiger partial charge on any atom is -0.444 e. The summed E-state index contributed by atoms with van der Waals surface area (Å²) >= 11 is 0. The first kappa shape index (κ1) is 27.6. The van der Waals surface area contributed by atoms with Crippen molar-refractivity contribution in [3.05, 3.63) is 35.4 Å². The molecule has 1 saturated carbocycles. The molecular weight excluding hydrogens is 434 g/mol. The van der Waals surface area contributed by atoms with Crippen LogP contribution in [0, 0.1) is 6.92 Å². The highest BCUT2D eigenvalue weighted by Crippen LogP contribution is 2.27. The molecule has 1 aliphatic rings. The largest absolute Gasteiger partial charge is 0.444 e. The second kappa shape index (κ2) is 12.2. The lowest BCUT2D eigenvalue weighted by Gasteiger charge is -2.38. The molecule has 1 aromatic rings. The van der Waals surface area contributed by atoms with Crippen molar-refractivity contribution in [1.82, 2.24) is 15.5 Å². The number of aliphatic hydroxyl groups is 1. The molecule has 0 aromatic heterocycles. The summed E-state index contributed by atoms with van der Waals surface area (Å²) in [5.41, 5.74) is 0.897. The third kappa shape index (κ3) is 8.01. The van der Waals surface area contributed by atoms with Crippen LogP contribution in [0.1, 0.15) is 83.9 Å². The van der Waals surface area contributed by atoms with E-state index in [1.54, 1.807) is 20.8 Å². The average molecular weight is 476 g/mol. The number of aliphatic hydroxyl groups excluding tert-OH is 1. The Kier molecular flexibility index (Phi) is 9.91. The summed E-state index contributed by atoms with van der Waals surface area (Å²) in [6.07, 6.45) is 4.34. The number of hydrogen-bond acceptors (Lipinski definition) is 5. The maximum Gasteiger partial charge on any atom is 0.408 e. The summed E-state index contributed by atoms with van der Waals surface area (Å²) in [4.78, 5) is 41.0. The lowest BCUT2D eigenvalue weighted by atomic mass is 9.94. The first-order chi connectivity index (χ1) is 15.9. The van der Waals surface area contributed by atoms with E-state index in [9.17, 15) is 19.5 Å². The molecule has 8 nitrogen and oxygen atoms in total. The van der Waals surface area contributed by atoms with Crippen molar-refractivity contribution in [2.45, 2.75) is 103 Å². The summed E-state index contributed by atoms with van der Waals surface area (Å²) in [6.45, 7) is 10.1. The lowest BCUT2D eigenvalue weighted by molar-refractivity contribution is -0.145. The smallest absolute Gasteiger partial charge is 0.408 e. The summed E-state index contributed by atoms with van der Waals surface area (Å²) < 4.78 is 5.26. The standard InChI is InChI=1S/C26H41N3O5/c1-17(2)29(24(32)21(16-30)28-25(33)34-26(4,5)6)22(19-12-10-11-18(3)15-19)23(31)27-20-13-8-7-9-14-20/h10-12,15,17,20-22,30H,7-9,13-14,16H2,1-6H3,(H,27,31)(H,28,33). The molecule has 0 heterocycles. The van der Waals surface area contributed by atoms with Gasteiger partial charge < -0.3 is 25.4 Å². The quantitative estimate of drug-likeness (QED) is 0.532. The minimum atomic E-state index is -1.24. The van der Waals surface area contributed by atoms with Gasteiger partial charge in [-0.15, -0.1) is 0 Å². The van der Waals surface area contributed by atoms with Gasteiger partial charge >= 0.3 is 6.09 Å². The van der Waals surface area contributed by atoms with Crippen LogP contribution in [0.25, 0.3) is 0 Å². The number of nitrogens with one attached hydrogen (secondary N) is 2. The second-order valence-corrected chi connectivity index (χ2v) is 10.4. The van der Waals surface area contributed by atoms with Crippen LogP contribution in [0.15, 0.2) is 24.3 Å². The molecule has 0 radical (unpaired) electrons. The Morgan fingerprint density at radius 1 is 1.15 bits per heavy atom. The number of amides is 3. The van der Waals surface area contributed by atoms with Gasteiger partial charge in [0.15, 0.2) is 0 Å². The number of carbonyl (C=O) groups excluding carboxylic acids is 3. The third-order valence-corrected chi connectivity index (χ3v) is 5.82. The zero-order valence-electron chi connectivity index (χ0n) is 21.4. The van der Waals surface area contributed by atoms with E-state index in [4.69, 9.17) is 4.74 Å². The fraction of sp³-hybridized carbons (Fsp3) is 0.654. The molecule has 0 spiro atoms. The normalized spacial score (nSPS) is 16.5. The van der Waals surface area contributed by atoms with Gasteiger partial charge in [-0.3, -0.25) is 9.59 Å². The molecule has 190 valence electrons. The molecule has 1 aromatic carbocycles. The second-order valence-electron chi connectivity index (χ2n) is 10.4. The van der Waals surface area contributed by atoms with Crippen LogP contribution in [-0.2, 0) is 14.3 Å². The average Bonchev–Trinajstić information content (AvgIpc) is 2.74. The first-order valence-electron chi connectivity index (χ1n) is 12.2. The maximum absolute atomic E-state index is 13.6. The van der Waals surface area contributed by atoms with E-state index in [1.165, 1.54) is 11.3 Å². The summed E-state index contributed by atoms with van der Waals surface area (Å²) in [6, 6.07) is 5.07. The highest BCUT2D eigenvalue weighted by atomic mass is 16.6. The monoisotopic (exact) mass is 475 g/mol. The number of alkyl carbamates (subject to hydrolysis) is 1.